The number of amides is 1. The first kappa shape index (κ1) is 13.2. The number of carbonyl (C=O) groups is 1. The lowest BCUT2D eigenvalue weighted by Crippen LogP contribution is -2.24. The first-order valence-corrected chi connectivity index (χ1v) is 5.63. The maximum Gasteiger partial charge on any atom is 0.433 e. The highest BCUT2D eigenvalue weighted by Crippen LogP contribution is 2.16. The van der Waals surface area contributed by atoms with E-state index in [0.717, 1.165) is 12.8 Å². The van der Waals surface area contributed by atoms with Gasteiger partial charge in [-0.15, -0.1) is 0 Å². The summed E-state index contributed by atoms with van der Waals surface area (Å²) in [7, 11) is 0. The molecule has 0 aromatic carbocycles. The molecule has 6 nitrogen and oxygen atoms in total. The van der Waals surface area contributed by atoms with Gasteiger partial charge in [0.15, 0.2) is 0 Å². The normalized spacial score (nSPS) is 10.2. The fraction of sp³-hybridized carbons (Fsp3) is 0.545. The van der Waals surface area contributed by atoms with Crippen molar-refractivity contribution in [3.05, 3.63) is 28.0 Å². The fourth-order valence-corrected chi connectivity index (χ4v) is 1.33. The minimum atomic E-state index is -0.592. The van der Waals surface area contributed by atoms with Crippen LogP contribution in [0.15, 0.2) is 16.5 Å². The van der Waals surface area contributed by atoms with E-state index in [2.05, 4.69) is 5.32 Å². The van der Waals surface area contributed by atoms with E-state index in [9.17, 15) is 14.9 Å². The Kier molecular flexibility index (Phi) is 5.19. The molecule has 1 aromatic rings. The predicted octanol–water partition coefficient (Wildman–Crippen LogP) is 2.04. The lowest BCUT2D eigenvalue weighted by atomic mass is 10.2. The first-order valence-electron chi connectivity index (χ1n) is 5.63. The van der Waals surface area contributed by atoms with Crippen molar-refractivity contribution >= 4 is 11.8 Å². The molecule has 0 saturated heterocycles. The molecule has 0 aliphatic heterocycles. The lowest BCUT2D eigenvalue weighted by molar-refractivity contribution is -0.402. The van der Waals surface area contributed by atoms with E-state index in [0.29, 0.717) is 18.7 Å². The minimum absolute atomic E-state index is 0.0579. The highest BCUT2D eigenvalue weighted by atomic mass is 16.6. The average Bonchev–Trinajstić information content (AvgIpc) is 2.75. The average molecular weight is 240 g/mol. The fourth-order valence-electron chi connectivity index (χ4n) is 1.33. The van der Waals surface area contributed by atoms with Gasteiger partial charge in [0.2, 0.25) is 5.91 Å². The highest BCUT2D eigenvalue weighted by Gasteiger charge is 2.12. The van der Waals surface area contributed by atoms with Crippen molar-refractivity contribution in [1.82, 2.24) is 5.32 Å². The summed E-state index contributed by atoms with van der Waals surface area (Å²) in [5.74, 6) is 0.117. The summed E-state index contributed by atoms with van der Waals surface area (Å²) in [5.41, 5.74) is 0. The molecule has 6 heteroatoms. The Bertz CT molecular complexity index is 387. The molecule has 0 spiro atoms. The van der Waals surface area contributed by atoms with Gasteiger partial charge in [-0.2, -0.15) is 0 Å². The largest absolute Gasteiger partial charge is 0.433 e. The molecule has 94 valence electrons. The minimum Gasteiger partial charge on any atom is -0.406 e. The van der Waals surface area contributed by atoms with E-state index in [4.69, 9.17) is 4.42 Å². The van der Waals surface area contributed by atoms with Crippen molar-refractivity contribution in [2.45, 2.75) is 32.6 Å². The van der Waals surface area contributed by atoms with Crippen LogP contribution in [0.5, 0.6) is 0 Å². The first-order chi connectivity index (χ1) is 8.13. The van der Waals surface area contributed by atoms with E-state index < -0.39 is 4.92 Å². The smallest absolute Gasteiger partial charge is 0.406 e. The van der Waals surface area contributed by atoms with Crippen molar-refractivity contribution in [3.63, 3.8) is 0 Å². The van der Waals surface area contributed by atoms with Crippen LogP contribution in [-0.2, 0) is 11.2 Å². The molecule has 17 heavy (non-hydrogen) atoms. The zero-order chi connectivity index (χ0) is 12.7. The SMILES string of the molecule is CCCCNC(=O)CCc1ccc([N+](=O)[O-])o1. The van der Waals surface area contributed by atoms with Gasteiger partial charge in [-0.1, -0.05) is 13.3 Å². The molecule has 1 amide bonds. The summed E-state index contributed by atoms with van der Waals surface area (Å²) < 4.78 is 4.94. The zero-order valence-corrected chi connectivity index (χ0v) is 9.77. The van der Waals surface area contributed by atoms with E-state index in [1.807, 2.05) is 6.92 Å². The van der Waals surface area contributed by atoms with Crippen LogP contribution in [0.2, 0.25) is 0 Å². The maximum absolute atomic E-state index is 11.3. The standard InChI is InChI=1S/C11H16N2O4/c1-2-3-8-12-10(14)6-4-9-5-7-11(17-9)13(15)16/h5,7H,2-4,6,8H2,1H3,(H,12,14). The molecule has 1 heterocycles. The van der Waals surface area contributed by atoms with Gasteiger partial charge >= 0.3 is 5.88 Å². The Morgan fingerprint density at radius 3 is 2.88 bits per heavy atom. The summed E-state index contributed by atoms with van der Waals surface area (Å²) in [5, 5.41) is 13.1. The van der Waals surface area contributed by atoms with Crippen molar-refractivity contribution in [2.24, 2.45) is 0 Å². The van der Waals surface area contributed by atoms with Crippen LogP contribution in [0.25, 0.3) is 0 Å². The molecule has 1 N–H and O–H groups in total. The maximum atomic E-state index is 11.3. The van der Waals surface area contributed by atoms with E-state index in [1.54, 1.807) is 0 Å². The molecule has 0 aliphatic rings. The number of aryl methyl sites for hydroxylation is 1. The Morgan fingerprint density at radius 2 is 2.29 bits per heavy atom. The van der Waals surface area contributed by atoms with Crippen molar-refractivity contribution in [3.8, 4) is 0 Å². The van der Waals surface area contributed by atoms with Crippen molar-refractivity contribution in [2.75, 3.05) is 6.54 Å². The van der Waals surface area contributed by atoms with Gasteiger partial charge < -0.3 is 9.73 Å². The van der Waals surface area contributed by atoms with Gasteiger partial charge in [0.05, 0.1) is 6.07 Å². The number of nitro groups is 1. The number of hydrogen-bond donors (Lipinski definition) is 1. The Balaban J connectivity index is 2.29. The van der Waals surface area contributed by atoms with Crippen LogP contribution in [0.1, 0.15) is 31.9 Å². The van der Waals surface area contributed by atoms with Gasteiger partial charge in [0.1, 0.15) is 10.7 Å². The quantitative estimate of drug-likeness (QED) is 0.449. The number of furan rings is 1. The highest BCUT2D eigenvalue weighted by molar-refractivity contribution is 5.76. The second-order valence-electron chi connectivity index (χ2n) is 3.70. The van der Waals surface area contributed by atoms with Gasteiger partial charge in [-0.05, 0) is 12.5 Å². The third kappa shape index (κ3) is 4.67. The Morgan fingerprint density at radius 1 is 1.53 bits per heavy atom. The number of nitrogens with zero attached hydrogens (tertiary/aromatic N) is 1. The van der Waals surface area contributed by atoms with Crippen molar-refractivity contribution in [1.29, 1.82) is 0 Å². The topological polar surface area (TPSA) is 85.4 Å². The summed E-state index contributed by atoms with van der Waals surface area (Å²) in [4.78, 5) is 21.1. The van der Waals surface area contributed by atoms with Crippen molar-refractivity contribution < 1.29 is 14.1 Å². The van der Waals surface area contributed by atoms with Crippen LogP contribution in [-0.4, -0.2) is 17.4 Å². The van der Waals surface area contributed by atoms with E-state index in [-0.39, 0.29) is 18.2 Å². The zero-order valence-electron chi connectivity index (χ0n) is 9.77. The molecule has 1 aromatic heterocycles. The van der Waals surface area contributed by atoms with Crippen LogP contribution in [0, 0.1) is 10.1 Å². The molecular formula is C11H16N2O4. The number of rotatable bonds is 7. The van der Waals surface area contributed by atoms with Gasteiger partial charge in [-0.3, -0.25) is 14.9 Å². The third-order valence-electron chi connectivity index (χ3n) is 2.28. The second kappa shape index (κ2) is 6.67. The molecule has 0 atom stereocenters. The summed E-state index contributed by atoms with van der Waals surface area (Å²) in [6.45, 7) is 2.72. The summed E-state index contributed by atoms with van der Waals surface area (Å²) in [6, 6.07) is 2.82. The lowest BCUT2D eigenvalue weighted by Gasteiger charge is -2.02. The number of nitrogens with one attached hydrogen (secondary N) is 1. The molecule has 0 radical (unpaired) electrons. The van der Waals surface area contributed by atoms with E-state index >= 15 is 0 Å². The molecular weight excluding hydrogens is 224 g/mol. The number of carbonyl (C=O) groups excluding carboxylic acids is 1. The molecule has 0 bridgehead atoms. The van der Waals surface area contributed by atoms with Crippen LogP contribution < -0.4 is 5.32 Å². The van der Waals surface area contributed by atoms with E-state index in [1.165, 1.54) is 12.1 Å². The molecule has 0 unspecified atom stereocenters. The number of hydrogen-bond acceptors (Lipinski definition) is 4. The van der Waals surface area contributed by atoms with Gasteiger partial charge in [-0.25, -0.2) is 0 Å². The monoisotopic (exact) mass is 240 g/mol. The Hall–Kier alpha value is -1.85. The molecule has 0 aliphatic carbocycles. The third-order valence-corrected chi connectivity index (χ3v) is 2.28. The summed E-state index contributed by atoms with van der Waals surface area (Å²) >= 11 is 0. The summed E-state index contributed by atoms with van der Waals surface area (Å²) in [6.07, 6.45) is 2.66. The van der Waals surface area contributed by atoms with Crippen LogP contribution >= 0.6 is 0 Å². The van der Waals surface area contributed by atoms with Gasteiger partial charge in [0.25, 0.3) is 0 Å². The second-order valence-corrected chi connectivity index (χ2v) is 3.70. The van der Waals surface area contributed by atoms with Gasteiger partial charge in [0, 0.05) is 19.4 Å². The Labute approximate surface area is 99.1 Å². The predicted molar refractivity (Wildman–Crippen MR) is 61.6 cm³/mol. The molecule has 0 saturated carbocycles. The molecule has 1 rings (SSSR count). The van der Waals surface area contributed by atoms with Crippen LogP contribution in [0.3, 0.4) is 0 Å². The molecule has 0 fully saturated rings. The number of unbranched alkanes of at least 4 members (excludes halogenated alkanes) is 1. The van der Waals surface area contributed by atoms with Crippen LogP contribution in [0.4, 0.5) is 5.88 Å².